The minimum atomic E-state index is -3.71. The van der Waals surface area contributed by atoms with E-state index in [1.54, 1.807) is 18.4 Å². The molecule has 0 saturated heterocycles. The third-order valence-corrected chi connectivity index (χ3v) is 6.62. The third kappa shape index (κ3) is 5.36. The number of para-hydroxylation sites is 1. The Morgan fingerprint density at radius 3 is 2.62 bits per heavy atom. The maximum atomic E-state index is 14.2. The van der Waals surface area contributed by atoms with Crippen LogP contribution in [0.1, 0.15) is 29.9 Å². The molecule has 1 heterocycles. The second kappa shape index (κ2) is 9.98. The standard InChI is InChI=1S/C21H20FN3O5S2/c1-3-23-32(28,29)17-8-6-7-15(11-17)20(27)30-12-16-13-31-21(24-16)25(14(2)26)19-10-5-4-9-18(19)22/h4-11,13,23H,3,12H2,1-2H3. The molecule has 1 aromatic heterocycles. The number of hydrogen-bond acceptors (Lipinski definition) is 7. The van der Waals surface area contributed by atoms with Crippen molar-refractivity contribution in [2.24, 2.45) is 0 Å². The van der Waals surface area contributed by atoms with Crippen LogP contribution in [0.15, 0.2) is 58.8 Å². The summed E-state index contributed by atoms with van der Waals surface area (Å²) >= 11 is 1.10. The van der Waals surface area contributed by atoms with Gasteiger partial charge in [-0.25, -0.2) is 27.3 Å². The Hall–Kier alpha value is -3.15. The number of carbonyl (C=O) groups excluding carboxylic acids is 2. The van der Waals surface area contributed by atoms with Crippen molar-refractivity contribution in [2.75, 3.05) is 11.4 Å². The third-order valence-electron chi connectivity index (χ3n) is 4.20. The van der Waals surface area contributed by atoms with Crippen LogP contribution < -0.4 is 9.62 Å². The lowest BCUT2D eigenvalue weighted by atomic mass is 10.2. The highest BCUT2D eigenvalue weighted by atomic mass is 32.2. The van der Waals surface area contributed by atoms with Crippen LogP contribution in [-0.2, 0) is 26.2 Å². The van der Waals surface area contributed by atoms with Crippen molar-refractivity contribution >= 4 is 44.1 Å². The fourth-order valence-corrected chi connectivity index (χ4v) is 4.74. The Morgan fingerprint density at radius 1 is 1.19 bits per heavy atom. The maximum Gasteiger partial charge on any atom is 0.338 e. The van der Waals surface area contributed by atoms with Gasteiger partial charge in [-0.3, -0.25) is 9.69 Å². The average molecular weight is 478 g/mol. The molecule has 0 aliphatic heterocycles. The van der Waals surface area contributed by atoms with Crippen LogP contribution in [0.25, 0.3) is 0 Å². The van der Waals surface area contributed by atoms with E-state index in [1.807, 2.05) is 0 Å². The van der Waals surface area contributed by atoms with E-state index in [2.05, 4.69) is 9.71 Å². The van der Waals surface area contributed by atoms with Gasteiger partial charge in [0.2, 0.25) is 15.9 Å². The van der Waals surface area contributed by atoms with Crippen molar-refractivity contribution in [1.82, 2.24) is 9.71 Å². The topological polar surface area (TPSA) is 106 Å². The van der Waals surface area contributed by atoms with Gasteiger partial charge in [-0.2, -0.15) is 0 Å². The maximum absolute atomic E-state index is 14.2. The summed E-state index contributed by atoms with van der Waals surface area (Å²) in [6, 6.07) is 11.3. The Morgan fingerprint density at radius 2 is 1.94 bits per heavy atom. The number of ether oxygens (including phenoxy) is 1. The number of amides is 1. The fourth-order valence-electron chi connectivity index (χ4n) is 2.79. The number of benzene rings is 2. The number of halogens is 1. The molecule has 2 aromatic carbocycles. The van der Waals surface area contributed by atoms with Crippen molar-refractivity contribution in [2.45, 2.75) is 25.3 Å². The second-order valence-corrected chi connectivity index (χ2v) is 9.14. The van der Waals surface area contributed by atoms with E-state index in [0.717, 1.165) is 16.2 Å². The van der Waals surface area contributed by atoms with Gasteiger partial charge in [0.15, 0.2) is 5.13 Å². The summed E-state index contributed by atoms with van der Waals surface area (Å²) in [4.78, 5) is 29.9. The molecule has 11 heteroatoms. The number of sulfonamides is 1. The molecule has 8 nitrogen and oxygen atoms in total. The highest BCUT2D eigenvalue weighted by Crippen LogP contribution is 2.31. The highest BCUT2D eigenvalue weighted by molar-refractivity contribution is 7.89. The van der Waals surface area contributed by atoms with E-state index in [1.165, 1.54) is 49.4 Å². The average Bonchev–Trinajstić information content (AvgIpc) is 3.22. The van der Waals surface area contributed by atoms with Crippen molar-refractivity contribution in [3.8, 4) is 0 Å². The molecule has 0 aliphatic rings. The lowest BCUT2D eigenvalue weighted by Gasteiger charge is -2.18. The van der Waals surface area contributed by atoms with E-state index >= 15 is 0 Å². The summed E-state index contributed by atoms with van der Waals surface area (Å²) in [6.07, 6.45) is 0. The van der Waals surface area contributed by atoms with E-state index < -0.39 is 27.7 Å². The van der Waals surface area contributed by atoms with Crippen molar-refractivity contribution in [1.29, 1.82) is 0 Å². The molecule has 0 spiro atoms. The van der Waals surface area contributed by atoms with Gasteiger partial charge in [-0.15, -0.1) is 11.3 Å². The van der Waals surface area contributed by atoms with Crippen LogP contribution in [0.2, 0.25) is 0 Å². The van der Waals surface area contributed by atoms with Crippen LogP contribution in [0, 0.1) is 5.82 Å². The molecule has 0 atom stereocenters. The quantitative estimate of drug-likeness (QED) is 0.497. The lowest BCUT2D eigenvalue weighted by Crippen LogP contribution is -2.23. The molecule has 0 bridgehead atoms. The number of esters is 1. The minimum absolute atomic E-state index is 0.0493. The molecular weight excluding hydrogens is 457 g/mol. The molecule has 168 valence electrons. The first-order valence-corrected chi connectivity index (χ1v) is 11.9. The second-order valence-electron chi connectivity index (χ2n) is 6.53. The van der Waals surface area contributed by atoms with Gasteiger partial charge in [0.25, 0.3) is 0 Å². The number of anilines is 2. The molecule has 3 rings (SSSR count). The van der Waals surface area contributed by atoms with Gasteiger partial charge >= 0.3 is 5.97 Å². The van der Waals surface area contributed by atoms with Crippen molar-refractivity contribution in [3.63, 3.8) is 0 Å². The summed E-state index contributed by atoms with van der Waals surface area (Å²) < 4.78 is 46.0. The minimum Gasteiger partial charge on any atom is -0.456 e. The number of nitrogens with zero attached hydrogens (tertiary/aromatic N) is 2. The Kier molecular flexibility index (Phi) is 7.33. The Labute approximate surface area is 188 Å². The van der Waals surface area contributed by atoms with Gasteiger partial charge in [-0.05, 0) is 30.3 Å². The summed E-state index contributed by atoms with van der Waals surface area (Å²) in [6.45, 7) is 2.95. The molecule has 3 aromatic rings. The molecule has 32 heavy (non-hydrogen) atoms. The summed E-state index contributed by atoms with van der Waals surface area (Å²) in [5.74, 6) is -1.73. The Bertz CT molecular complexity index is 1240. The van der Waals surface area contributed by atoms with Crippen LogP contribution in [0.3, 0.4) is 0 Å². The predicted molar refractivity (Wildman–Crippen MR) is 118 cm³/mol. The van der Waals surface area contributed by atoms with Crippen molar-refractivity contribution in [3.05, 3.63) is 71.0 Å². The predicted octanol–water partition coefficient (Wildman–Crippen LogP) is 3.62. The number of carbonyl (C=O) groups is 2. The van der Waals surface area contributed by atoms with Crippen LogP contribution in [-0.4, -0.2) is 31.8 Å². The van der Waals surface area contributed by atoms with Gasteiger partial charge in [0.05, 0.1) is 21.8 Å². The smallest absolute Gasteiger partial charge is 0.338 e. The van der Waals surface area contributed by atoms with E-state index in [4.69, 9.17) is 4.74 Å². The zero-order chi connectivity index (χ0) is 23.3. The molecule has 0 aliphatic carbocycles. The first-order chi connectivity index (χ1) is 15.2. The molecule has 1 amide bonds. The molecule has 0 fully saturated rings. The zero-order valence-electron chi connectivity index (χ0n) is 17.2. The van der Waals surface area contributed by atoms with Gasteiger partial charge < -0.3 is 4.74 Å². The normalized spacial score (nSPS) is 11.2. The molecule has 0 unspecified atom stereocenters. The highest BCUT2D eigenvalue weighted by Gasteiger charge is 2.21. The lowest BCUT2D eigenvalue weighted by molar-refractivity contribution is -0.115. The van der Waals surface area contributed by atoms with Crippen LogP contribution >= 0.6 is 11.3 Å². The first kappa shape index (κ1) is 23.5. The SMILES string of the molecule is CCNS(=O)(=O)c1cccc(C(=O)OCc2csc(N(C(C)=O)c3ccccc3F)n2)c1. The van der Waals surface area contributed by atoms with E-state index in [9.17, 15) is 22.4 Å². The van der Waals surface area contributed by atoms with Crippen LogP contribution in [0.4, 0.5) is 15.2 Å². The number of hydrogen-bond donors (Lipinski definition) is 1. The van der Waals surface area contributed by atoms with Gasteiger partial charge in [-0.1, -0.05) is 25.1 Å². The molecular formula is C21H20FN3O5S2. The zero-order valence-corrected chi connectivity index (χ0v) is 18.9. The molecule has 0 radical (unpaired) electrons. The van der Waals surface area contributed by atoms with Crippen LogP contribution in [0.5, 0.6) is 0 Å². The van der Waals surface area contributed by atoms with E-state index in [0.29, 0.717) is 5.69 Å². The summed E-state index contributed by atoms with van der Waals surface area (Å²) in [5, 5.41) is 1.82. The number of aromatic nitrogens is 1. The summed E-state index contributed by atoms with van der Waals surface area (Å²) in [5.41, 5.74) is 0.491. The monoisotopic (exact) mass is 477 g/mol. The first-order valence-electron chi connectivity index (χ1n) is 9.49. The summed E-state index contributed by atoms with van der Waals surface area (Å²) in [7, 11) is -3.71. The van der Waals surface area contributed by atoms with Gasteiger partial charge in [0, 0.05) is 18.8 Å². The molecule has 0 saturated carbocycles. The fraction of sp³-hybridized carbons (Fsp3) is 0.190. The van der Waals surface area contributed by atoms with Crippen molar-refractivity contribution < 1.29 is 27.1 Å². The number of thiazole rings is 1. The number of rotatable bonds is 8. The number of nitrogens with one attached hydrogen (secondary N) is 1. The van der Waals surface area contributed by atoms with Gasteiger partial charge in [0.1, 0.15) is 12.4 Å². The van der Waals surface area contributed by atoms with E-state index in [-0.39, 0.29) is 34.4 Å². The Balaban J connectivity index is 1.73. The largest absolute Gasteiger partial charge is 0.456 e. The molecule has 1 N–H and O–H groups in total.